The maximum atomic E-state index is 12.5. The zero-order chi connectivity index (χ0) is 20.1. The van der Waals surface area contributed by atoms with Gasteiger partial charge in [-0.1, -0.05) is 18.2 Å². The molecule has 1 atom stereocenters. The summed E-state index contributed by atoms with van der Waals surface area (Å²) in [5.41, 5.74) is 2.27. The lowest BCUT2D eigenvalue weighted by Gasteiger charge is -2.21. The molecule has 1 aliphatic heterocycles. The number of likely N-dealkylation sites (N-methyl/N-ethyl adjacent to an activating group) is 1. The largest absolute Gasteiger partial charge is 0.361 e. The van der Waals surface area contributed by atoms with Crippen molar-refractivity contribution in [2.75, 3.05) is 24.6 Å². The van der Waals surface area contributed by atoms with Crippen molar-refractivity contribution in [3.8, 4) is 0 Å². The molecule has 1 saturated heterocycles. The Bertz CT molecular complexity index is 951. The highest BCUT2D eigenvalue weighted by atomic mass is 32.2. The normalized spacial score (nSPS) is 18.2. The zero-order valence-electron chi connectivity index (χ0n) is 16.1. The molecule has 152 valence electrons. The molecule has 1 aromatic heterocycles. The van der Waals surface area contributed by atoms with Crippen LogP contribution in [0, 0.1) is 0 Å². The van der Waals surface area contributed by atoms with E-state index in [9.17, 15) is 18.0 Å². The Morgan fingerprint density at radius 1 is 1.29 bits per heavy atom. The average Bonchev–Trinajstić information content (AvgIpc) is 3.22. The molecule has 0 aliphatic carbocycles. The van der Waals surface area contributed by atoms with Gasteiger partial charge in [-0.05, 0) is 37.8 Å². The first kappa shape index (κ1) is 20.4. The van der Waals surface area contributed by atoms with Crippen LogP contribution in [0.15, 0.2) is 30.5 Å². The highest BCUT2D eigenvalue weighted by Crippen LogP contribution is 2.19. The first-order valence-corrected chi connectivity index (χ1v) is 11.5. The summed E-state index contributed by atoms with van der Waals surface area (Å²) in [5.74, 6) is -0.253. The van der Waals surface area contributed by atoms with Gasteiger partial charge in [-0.25, -0.2) is 8.42 Å². The second-order valence-electron chi connectivity index (χ2n) is 7.29. The molecule has 0 saturated carbocycles. The van der Waals surface area contributed by atoms with E-state index in [4.69, 9.17) is 0 Å². The van der Waals surface area contributed by atoms with Crippen molar-refractivity contribution in [1.82, 2.24) is 15.2 Å². The fourth-order valence-electron chi connectivity index (χ4n) is 3.66. The van der Waals surface area contributed by atoms with Crippen LogP contribution in [-0.2, 0) is 25.8 Å². The molecule has 0 spiro atoms. The SMILES string of the molecule is CCN(CC(=O)N[C@@H]1CCS(=O)(=O)C1)C(=O)CCCc1c[nH]c2ccccc12. The molecule has 2 amide bonds. The first-order chi connectivity index (χ1) is 13.4. The molecule has 1 aliphatic rings. The Balaban J connectivity index is 1.46. The lowest BCUT2D eigenvalue weighted by atomic mass is 10.1. The first-order valence-electron chi connectivity index (χ1n) is 9.70. The molecule has 0 bridgehead atoms. The minimum Gasteiger partial charge on any atom is -0.361 e. The van der Waals surface area contributed by atoms with Gasteiger partial charge in [-0.15, -0.1) is 0 Å². The van der Waals surface area contributed by atoms with E-state index in [-0.39, 0.29) is 35.9 Å². The summed E-state index contributed by atoms with van der Waals surface area (Å²) in [6, 6.07) is 7.73. The van der Waals surface area contributed by atoms with Crippen LogP contribution in [0.1, 0.15) is 31.7 Å². The summed E-state index contributed by atoms with van der Waals surface area (Å²) in [4.78, 5) is 29.4. The molecule has 2 N–H and O–H groups in total. The van der Waals surface area contributed by atoms with Gasteiger partial charge in [0, 0.05) is 36.1 Å². The number of aromatic amines is 1. The van der Waals surface area contributed by atoms with Gasteiger partial charge in [0.15, 0.2) is 9.84 Å². The van der Waals surface area contributed by atoms with E-state index in [1.54, 1.807) is 0 Å². The molecule has 7 nitrogen and oxygen atoms in total. The van der Waals surface area contributed by atoms with E-state index < -0.39 is 9.84 Å². The summed E-state index contributed by atoms with van der Waals surface area (Å²) >= 11 is 0. The maximum Gasteiger partial charge on any atom is 0.239 e. The summed E-state index contributed by atoms with van der Waals surface area (Å²) in [5, 5.41) is 3.91. The standard InChI is InChI=1S/C20H27N3O4S/c1-2-23(13-19(24)22-16-10-11-28(26,27)14-16)20(25)9-5-6-15-12-21-18-8-4-3-7-17(15)18/h3-4,7-8,12,16,21H,2,5-6,9-11,13-14H2,1H3,(H,22,24)/t16-/m1/s1. The third kappa shape index (κ3) is 5.13. The fourth-order valence-corrected chi connectivity index (χ4v) is 5.33. The molecule has 8 heteroatoms. The summed E-state index contributed by atoms with van der Waals surface area (Å²) in [6.45, 7) is 2.26. The van der Waals surface area contributed by atoms with E-state index in [2.05, 4.69) is 16.4 Å². The van der Waals surface area contributed by atoms with E-state index in [0.29, 0.717) is 25.8 Å². The molecule has 1 aromatic carbocycles. The third-order valence-electron chi connectivity index (χ3n) is 5.18. The van der Waals surface area contributed by atoms with Crippen molar-refractivity contribution in [1.29, 1.82) is 0 Å². The van der Waals surface area contributed by atoms with Gasteiger partial charge in [-0.2, -0.15) is 0 Å². The number of hydrogen-bond donors (Lipinski definition) is 2. The highest BCUT2D eigenvalue weighted by Gasteiger charge is 2.29. The van der Waals surface area contributed by atoms with Crippen LogP contribution in [0.5, 0.6) is 0 Å². The monoisotopic (exact) mass is 405 g/mol. The van der Waals surface area contributed by atoms with E-state index >= 15 is 0 Å². The Morgan fingerprint density at radius 2 is 2.07 bits per heavy atom. The van der Waals surface area contributed by atoms with E-state index in [1.807, 2.05) is 31.3 Å². The number of H-pyrrole nitrogens is 1. The Morgan fingerprint density at radius 3 is 2.79 bits per heavy atom. The number of para-hydroxylation sites is 1. The number of amides is 2. The van der Waals surface area contributed by atoms with Crippen molar-refractivity contribution in [2.24, 2.45) is 0 Å². The number of fused-ring (bicyclic) bond motifs is 1. The minimum atomic E-state index is -3.04. The van der Waals surface area contributed by atoms with Gasteiger partial charge in [0.05, 0.1) is 18.1 Å². The number of nitrogens with zero attached hydrogens (tertiary/aromatic N) is 1. The van der Waals surface area contributed by atoms with Gasteiger partial charge in [0.1, 0.15) is 0 Å². The van der Waals surface area contributed by atoms with Crippen LogP contribution in [0.25, 0.3) is 10.9 Å². The Labute approximate surface area is 165 Å². The molecular formula is C20H27N3O4S. The summed E-state index contributed by atoms with van der Waals surface area (Å²) in [7, 11) is -3.04. The fraction of sp³-hybridized carbons (Fsp3) is 0.500. The van der Waals surface area contributed by atoms with Crippen molar-refractivity contribution in [2.45, 2.75) is 38.6 Å². The quantitative estimate of drug-likeness (QED) is 0.697. The van der Waals surface area contributed by atoms with Gasteiger partial charge in [0.2, 0.25) is 11.8 Å². The van der Waals surface area contributed by atoms with Crippen LogP contribution in [0.2, 0.25) is 0 Å². The van der Waals surface area contributed by atoms with Crippen LogP contribution in [0.3, 0.4) is 0 Å². The maximum absolute atomic E-state index is 12.5. The van der Waals surface area contributed by atoms with Gasteiger partial charge in [-0.3, -0.25) is 9.59 Å². The van der Waals surface area contributed by atoms with Crippen LogP contribution < -0.4 is 5.32 Å². The lowest BCUT2D eigenvalue weighted by molar-refractivity contribution is -0.136. The van der Waals surface area contributed by atoms with E-state index in [1.165, 1.54) is 15.8 Å². The Hall–Kier alpha value is -2.35. The second kappa shape index (κ2) is 8.77. The van der Waals surface area contributed by atoms with Gasteiger partial charge in [0.25, 0.3) is 0 Å². The van der Waals surface area contributed by atoms with Crippen LogP contribution >= 0.6 is 0 Å². The van der Waals surface area contributed by atoms with E-state index in [0.717, 1.165) is 11.9 Å². The highest BCUT2D eigenvalue weighted by molar-refractivity contribution is 7.91. The molecule has 2 aromatic rings. The topological polar surface area (TPSA) is 99.3 Å². The zero-order valence-corrected chi connectivity index (χ0v) is 16.9. The number of aromatic nitrogens is 1. The Kier molecular flexibility index (Phi) is 6.39. The van der Waals surface area contributed by atoms with Gasteiger partial charge >= 0.3 is 0 Å². The predicted molar refractivity (Wildman–Crippen MR) is 109 cm³/mol. The van der Waals surface area contributed by atoms with Gasteiger partial charge < -0.3 is 15.2 Å². The average molecular weight is 406 g/mol. The number of carbonyl (C=O) groups is 2. The minimum absolute atomic E-state index is 0.0105. The molecule has 28 heavy (non-hydrogen) atoms. The number of nitrogens with one attached hydrogen (secondary N) is 2. The molecule has 0 unspecified atom stereocenters. The number of sulfone groups is 1. The van der Waals surface area contributed by atoms with Crippen molar-refractivity contribution >= 4 is 32.6 Å². The molecule has 0 radical (unpaired) electrons. The number of aryl methyl sites for hydroxylation is 1. The number of benzene rings is 1. The van der Waals surface area contributed by atoms with Crippen molar-refractivity contribution in [3.05, 3.63) is 36.0 Å². The van der Waals surface area contributed by atoms with Crippen molar-refractivity contribution < 1.29 is 18.0 Å². The van der Waals surface area contributed by atoms with Crippen LogP contribution in [-0.4, -0.2) is 60.8 Å². The smallest absolute Gasteiger partial charge is 0.239 e. The number of carbonyl (C=O) groups excluding carboxylic acids is 2. The molecule has 1 fully saturated rings. The summed E-state index contributed by atoms with van der Waals surface area (Å²) < 4.78 is 23.0. The third-order valence-corrected chi connectivity index (χ3v) is 6.95. The molecule has 3 rings (SSSR count). The summed E-state index contributed by atoms with van der Waals surface area (Å²) in [6.07, 6.45) is 4.30. The molecular weight excluding hydrogens is 378 g/mol. The predicted octanol–water partition coefficient (Wildman–Crippen LogP) is 1.64. The van der Waals surface area contributed by atoms with Crippen molar-refractivity contribution in [3.63, 3.8) is 0 Å². The lowest BCUT2D eigenvalue weighted by Crippen LogP contribution is -2.44. The number of hydrogen-bond acceptors (Lipinski definition) is 4. The second-order valence-corrected chi connectivity index (χ2v) is 9.52. The molecule has 2 heterocycles. The van der Waals surface area contributed by atoms with Crippen LogP contribution in [0.4, 0.5) is 0 Å². The number of rotatable bonds is 8.